The number of fused-ring (bicyclic) bond motifs is 3. The van der Waals surface area contributed by atoms with Crippen LogP contribution in [0.1, 0.15) is 32.4 Å². The van der Waals surface area contributed by atoms with Crippen molar-refractivity contribution in [3.05, 3.63) is 102 Å². The maximum atomic E-state index is 13.7. The van der Waals surface area contributed by atoms with Crippen LogP contribution >= 0.6 is 0 Å². The Morgan fingerprint density at radius 2 is 1.19 bits per heavy atom. The quantitative estimate of drug-likeness (QED) is 0.466. The minimum absolute atomic E-state index is 0.225. The maximum Gasteiger partial charge on any atom is 0.241 e. The van der Waals surface area contributed by atoms with E-state index in [1.807, 2.05) is 6.07 Å². The molecule has 6 nitrogen and oxygen atoms in total. The van der Waals surface area contributed by atoms with Gasteiger partial charge in [-0.2, -0.15) is 0 Å². The Morgan fingerprint density at radius 1 is 0.656 bits per heavy atom. The van der Waals surface area contributed by atoms with Crippen molar-refractivity contribution in [1.82, 2.24) is 0 Å². The lowest BCUT2D eigenvalue weighted by atomic mass is 9.77. The summed E-state index contributed by atoms with van der Waals surface area (Å²) in [5.41, 5.74) is -0.529. The van der Waals surface area contributed by atoms with Crippen LogP contribution < -0.4 is 4.90 Å². The van der Waals surface area contributed by atoms with Crippen LogP contribution in [-0.2, 0) is 14.3 Å². The number of rotatable bonds is 2. The smallest absolute Gasteiger partial charge is 0.241 e. The Labute approximate surface area is 183 Å². The first-order chi connectivity index (χ1) is 15.6. The van der Waals surface area contributed by atoms with E-state index in [1.165, 1.54) is 0 Å². The van der Waals surface area contributed by atoms with E-state index in [9.17, 15) is 19.2 Å². The van der Waals surface area contributed by atoms with Gasteiger partial charge in [0.2, 0.25) is 29.0 Å². The molecule has 2 heterocycles. The van der Waals surface area contributed by atoms with Crippen molar-refractivity contribution < 1.29 is 23.9 Å². The number of ketones is 2. The van der Waals surface area contributed by atoms with E-state index in [0.717, 1.165) is 4.90 Å². The molecule has 0 saturated carbocycles. The Morgan fingerprint density at radius 3 is 1.78 bits per heavy atom. The van der Waals surface area contributed by atoms with Gasteiger partial charge in [0.1, 0.15) is 0 Å². The molecule has 156 valence electrons. The number of Topliss-reactive ketones (excluding diaryl/α,β-unsaturated/α-hetero) is 2. The Bertz CT molecular complexity index is 1270. The van der Waals surface area contributed by atoms with Crippen LogP contribution in [0.2, 0.25) is 0 Å². The number of amides is 2. The van der Waals surface area contributed by atoms with E-state index in [1.54, 1.807) is 78.9 Å². The van der Waals surface area contributed by atoms with Gasteiger partial charge in [-0.05, 0) is 17.7 Å². The lowest BCUT2D eigenvalue weighted by molar-refractivity contribution is -0.127. The number of para-hydroxylation sites is 1. The molecule has 2 fully saturated rings. The van der Waals surface area contributed by atoms with E-state index in [4.69, 9.17) is 4.74 Å². The van der Waals surface area contributed by atoms with Gasteiger partial charge in [-0.25, -0.2) is 4.90 Å². The first-order valence-electron chi connectivity index (χ1n) is 10.4. The molecule has 6 heteroatoms. The molecule has 0 N–H and O–H groups in total. The molecule has 6 rings (SSSR count). The normalized spacial score (nSPS) is 25.5. The van der Waals surface area contributed by atoms with E-state index in [2.05, 4.69) is 0 Å². The van der Waals surface area contributed by atoms with Gasteiger partial charge < -0.3 is 4.74 Å². The molecule has 2 saturated heterocycles. The molecule has 0 radical (unpaired) electrons. The number of nitrogens with zero attached hydrogens (tertiary/aromatic N) is 1. The predicted octanol–water partition coefficient (Wildman–Crippen LogP) is 3.38. The van der Waals surface area contributed by atoms with Gasteiger partial charge in [0.15, 0.2) is 0 Å². The third-order valence-electron chi connectivity index (χ3n) is 6.66. The third kappa shape index (κ3) is 2.22. The molecule has 2 amide bonds. The standard InChI is InChI=1S/C26H17NO5/c28-22-17-13-7-8-14-18(17)23(29)26(22)20-19(21(32-26)15-9-3-1-4-10-15)24(30)27(25(20)31)16-11-5-2-6-12-16/h1-14,19-21H/t19-,20+,21-/m0/s1. The molecule has 3 aromatic rings. The fourth-order valence-corrected chi connectivity index (χ4v) is 5.29. The number of anilines is 1. The minimum atomic E-state index is -2.04. The van der Waals surface area contributed by atoms with Crippen LogP contribution in [0.25, 0.3) is 0 Å². The number of hydrogen-bond acceptors (Lipinski definition) is 5. The summed E-state index contributed by atoms with van der Waals surface area (Å²) in [6.45, 7) is 0. The maximum absolute atomic E-state index is 13.7. The zero-order valence-electron chi connectivity index (χ0n) is 16.8. The molecule has 32 heavy (non-hydrogen) atoms. The van der Waals surface area contributed by atoms with Gasteiger partial charge in [-0.1, -0.05) is 72.8 Å². The van der Waals surface area contributed by atoms with Crippen molar-refractivity contribution in [2.24, 2.45) is 11.8 Å². The molecule has 1 aliphatic carbocycles. The molecule has 0 unspecified atom stereocenters. The molecule has 0 aromatic heterocycles. The van der Waals surface area contributed by atoms with Crippen LogP contribution in [0, 0.1) is 11.8 Å². The van der Waals surface area contributed by atoms with Crippen LogP contribution in [-0.4, -0.2) is 29.0 Å². The number of hydrogen-bond donors (Lipinski definition) is 0. The van der Waals surface area contributed by atoms with Crippen LogP contribution in [0.3, 0.4) is 0 Å². The van der Waals surface area contributed by atoms with Crippen LogP contribution in [0.15, 0.2) is 84.9 Å². The van der Waals surface area contributed by atoms with Crippen LogP contribution in [0.4, 0.5) is 5.69 Å². The highest BCUT2D eigenvalue weighted by Crippen LogP contribution is 2.57. The van der Waals surface area contributed by atoms with Crippen LogP contribution in [0.5, 0.6) is 0 Å². The summed E-state index contributed by atoms with van der Waals surface area (Å²) >= 11 is 0. The van der Waals surface area contributed by atoms with Gasteiger partial charge in [0.05, 0.1) is 23.6 Å². The highest BCUT2D eigenvalue weighted by molar-refractivity contribution is 6.37. The summed E-state index contributed by atoms with van der Waals surface area (Å²) in [6, 6.07) is 24.0. The van der Waals surface area contributed by atoms with E-state index in [0.29, 0.717) is 11.3 Å². The number of benzene rings is 3. The van der Waals surface area contributed by atoms with Crippen molar-refractivity contribution in [1.29, 1.82) is 0 Å². The monoisotopic (exact) mass is 423 g/mol. The number of imide groups is 1. The molecular formula is C26H17NO5. The average Bonchev–Trinajstić information content (AvgIpc) is 3.40. The second-order valence-electron chi connectivity index (χ2n) is 8.24. The zero-order valence-corrected chi connectivity index (χ0v) is 16.8. The van der Waals surface area contributed by atoms with Gasteiger partial charge in [-0.3, -0.25) is 19.2 Å². The molecule has 3 atom stereocenters. The number of carbonyl (C=O) groups is 4. The fourth-order valence-electron chi connectivity index (χ4n) is 5.29. The number of ether oxygens (including phenoxy) is 1. The Kier molecular flexibility index (Phi) is 3.85. The van der Waals surface area contributed by atoms with Crippen molar-refractivity contribution in [3.8, 4) is 0 Å². The van der Waals surface area contributed by atoms with E-state index in [-0.39, 0.29) is 11.1 Å². The number of carbonyl (C=O) groups excluding carboxylic acids is 4. The molecule has 3 aromatic carbocycles. The fraction of sp³-hybridized carbons (Fsp3) is 0.154. The molecule has 0 bridgehead atoms. The topological polar surface area (TPSA) is 80.8 Å². The summed E-state index contributed by atoms with van der Waals surface area (Å²) in [5, 5.41) is 0. The largest absolute Gasteiger partial charge is 0.349 e. The molecule has 3 aliphatic rings. The van der Waals surface area contributed by atoms with Gasteiger partial charge >= 0.3 is 0 Å². The summed E-state index contributed by atoms with van der Waals surface area (Å²) in [6.07, 6.45) is -0.895. The summed E-state index contributed by atoms with van der Waals surface area (Å²) < 4.78 is 6.23. The van der Waals surface area contributed by atoms with Gasteiger partial charge in [0.25, 0.3) is 0 Å². The van der Waals surface area contributed by atoms with Gasteiger partial charge in [0, 0.05) is 11.1 Å². The Hall–Kier alpha value is -3.90. The summed E-state index contributed by atoms with van der Waals surface area (Å²) in [5.74, 6) is -4.36. The zero-order chi connectivity index (χ0) is 22.0. The van der Waals surface area contributed by atoms with Crippen molar-refractivity contribution in [3.63, 3.8) is 0 Å². The van der Waals surface area contributed by atoms with Crippen molar-refractivity contribution in [2.75, 3.05) is 4.90 Å². The molecular weight excluding hydrogens is 406 g/mol. The van der Waals surface area contributed by atoms with Crippen molar-refractivity contribution >= 4 is 29.1 Å². The average molecular weight is 423 g/mol. The van der Waals surface area contributed by atoms with Crippen molar-refractivity contribution in [2.45, 2.75) is 11.7 Å². The lowest BCUT2D eigenvalue weighted by Crippen LogP contribution is -2.51. The lowest BCUT2D eigenvalue weighted by Gasteiger charge is -2.27. The minimum Gasteiger partial charge on any atom is -0.349 e. The molecule has 1 spiro atoms. The van der Waals surface area contributed by atoms with E-state index >= 15 is 0 Å². The highest BCUT2D eigenvalue weighted by Gasteiger charge is 2.74. The SMILES string of the molecule is O=C1[C@@H]2[C@H](c3ccccc3)OC3(C(=O)c4ccccc4C3=O)[C@H]2C(=O)N1c1ccccc1. The second kappa shape index (κ2) is 6.55. The highest BCUT2D eigenvalue weighted by atomic mass is 16.5. The van der Waals surface area contributed by atoms with E-state index < -0.39 is 46.9 Å². The Balaban J connectivity index is 1.56. The molecule has 2 aliphatic heterocycles. The first kappa shape index (κ1) is 18.8. The third-order valence-corrected chi connectivity index (χ3v) is 6.66. The van der Waals surface area contributed by atoms with Gasteiger partial charge in [-0.15, -0.1) is 0 Å². The second-order valence-corrected chi connectivity index (χ2v) is 8.24. The summed E-state index contributed by atoms with van der Waals surface area (Å²) in [7, 11) is 0. The summed E-state index contributed by atoms with van der Waals surface area (Å²) in [4.78, 5) is 55.6. The predicted molar refractivity (Wildman–Crippen MR) is 114 cm³/mol. The first-order valence-corrected chi connectivity index (χ1v) is 10.4.